The van der Waals surface area contributed by atoms with Crippen molar-refractivity contribution in [2.24, 2.45) is 0 Å². The van der Waals surface area contributed by atoms with Gasteiger partial charge in [0.15, 0.2) is 0 Å². The van der Waals surface area contributed by atoms with Crippen molar-refractivity contribution in [3.05, 3.63) is 17.1 Å². The highest BCUT2D eigenvalue weighted by atomic mass is 19.3. The Labute approximate surface area is 92.3 Å². The van der Waals surface area contributed by atoms with E-state index >= 15 is 0 Å². The number of rotatable bonds is 2. The van der Waals surface area contributed by atoms with Gasteiger partial charge < -0.3 is 4.74 Å². The minimum absolute atomic E-state index is 0.149. The van der Waals surface area contributed by atoms with Crippen LogP contribution in [0.15, 0.2) is 0 Å². The highest BCUT2D eigenvalue weighted by Gasteiger charge is 2.26. The fraction of sp³-hybridized carbons (Fsp3) is 0.600. The van der Waals surface area contributed by atoms with Crippen molar-refractivity contribution >= 4 is 0 Å². The normalized spacial score (nSPS) is 16.3. The van der Waals surface area contributed by atoms with Gasteiger partial charge in [0.2, 0.25) is 5.88 Å². The second-order valence-electron chi connectivity index (χ2n) is 3.70. The number of hydrogen-bond donors (Lipinski definition) is 0. The first-order valence-electron chi connectivity index (χ1n) is 5.04. The van der Waals surface area contributed by atoms with E-state index in [1.165, 1.54) is 7.11 Å². The number of ether oxygens (including phenoxy) is 1. The highest BCUT2D eigenvalue weighted by molar-refractivity contribution is 5.32. The summed E-state index contributed by atoms with van der Waals surface area (Å²) in [5.41, 5.74) is 1.50. The molecule has 4 nitrogen and oxygen atoms in total. The lowest BCUT2D eigenvalue weighted by molar-refractivity contribution is -0.0364. The van der Waals surface area contributed by atoms with Gasteiger partial charge in [0, 0.05) is 19.5 Å². The summed E-state index contributed by atoms with van der Waals surface area (Å²) in [6, 6.07) is 0. The maximum Gasteiger partial charge on any atom is 0.295 e. The summed E-state index contributed by atoms with van der Waals surface area (Å²) in [5, 5.41) is 0. The van der Waals surface area contributed by atoms with Crippen LogP contribution in [0.3, 0.4) is 0 Å². The molecule has 16 heavy (non-hydrogen) atoms. The zero-order valence-corrected chi connectivity index (χ0v) is 9.20. The zero-order chi connectivity index (χ0) is 11.7. The minimum atomic E-state index is -2.45. The Hall–Kier alpha value is -1.30. The average molecular weight is 229 g/mol. The fourth-order valence-corrected chi connectivity index (χ4v) is 1.86. The van der Waals surface area contributed by atoms with Crippen LogP contribution in [0, 0.1) is 6.92 Å². The maximum atomic E-state index is 12.6. The highest BCUT2D eigenvalue weighted by Crippen LogP contribution is 2.26. The summed E-state index contributed by atoms with van der Waals surface area (Å²) in [6.07, 6.45) is 0.513. The molecule has 0 aromatic carbocycles. The van der Waals surface area contributed by atoms with Crippen LogP contribution in [0.25, 0.3) is 0 Å². The lowest BCUT2D eigenvalue weighted by Gasteiger charge is -2.27. The van der Waals surface area contributed by atoms with Gasteiger partial charge in [-0.25, -0.2) is 9.88 Å². The van der Waals surface area contributed by atoms with Crippen molar-refractivity contribution < 1.29 is 13.5 Å². The van der Waals surface area contributed by atoms with Gasteiger partial charge in [-0.05, 0) is 6.92 Å². The quantitative estimate of drug-likeness (QED) is 0.718. The molecule has 0 spiro atoms. The summed E-state index contributed by atoms with van der Waals surface area (Å²) in [6.45, 7) is -0.206. The third-order valence-electron chi connectivity index (χ3n) is 2.63. The molecule has 1 aliphatic heterocycles. The van der Waals surface area contributed by atoms with Crippen LogP contribution in [0.2, 0.25) is 0 Å². The first-order chi connectivity index (χ1) is 7.61. The molecule has 0 aliphatic carbocycles. The average Bonchev–Trinajstić information content (AvgIpc) is 2.27. The largest absolute Gasteiger partial charge is 0.481 e. The molecule has 88 valence electrons. The Morgan fingerprint density at radius 3 is 2.75 bits per heavy atom. The lowest BCUT2D eigenvalue weighted by atomic mass is 10.1. The maximum absolute atomic E-state index is 12.6. The molecule has 2 heterocycles. The lowest BCUT2D eigenvalue weighted by Crippen LogP contribution is -2.35. The van der Waals surface area contributed by atoms with Crippen molar-refractivity contribution in [2.45, 2.75) is 26.4 Å². The van der Waals surface area contributed by atoms with Gasteiger partial charge in [-0.2, -0.15) is 13.8 Å². The third-order valence-corrected chi connectivity index (χ3v) is 2.63. The number of halogens is 2. The number of aryl methyl sites for hydroxylation is 1. The van der Waals surface area contributed by atoms with Gasteiger partial charge in [0.25, 0.3) is 6.55 Å². The predicted octanol–water partition coefficient (Wildman–Crippen LogP) is 1.37. The summed E-state index contributed by atoms with van der Waals surface area (Å²) < 4.78 is 30.2. The summed E-state index contributed by atoms with van der Waals surface area (Å²) in [5.74, 6) is 1.02. The molecule has 0 bridgehead atoms. The molecule has 0 atom stereocenters. The van der Waals surface area contributed by atoms with Gasteiger partial charge in [-0.1, -0.05) is 0 Å². The van der Waals surface area contributed by atoms with E-state index in [1.54, 1.807) is 6.92 Å². The zero-order valence-electron chi connectivity index (χ0n) is 9.20. The Morgan fingerprint density at radius 2 is 2.12 bits per heavy atom. The number of aromatic nitrogens is 2. The van der Waals surface area contributed by atoms with Crippen molar-refractivity contribution in [2.75, 3.05) is 13.7 Å². The number of methoxy groups -OCH3 is 1. The molecule has 0 saturated heterocycles. The Bertz CT molecular complexity index is 381. The molecule has 1 aliphatic rings. The van der Waals surface area contributed by atoms with E-state index in [-0.39, 0.29) is 6.54 Å². The van der Waals surface area contributed by atoms with Crippen LogP contribution in [0.5, 0.6) is 5.88 Å². The second kappa shape index (κ2) is 4.29. The van der Waals surface area contributed by atoms with Gasteiger partial charge in [0.05, 0.1) is 18.4 Å². The number of alkyl halides is 2. The molecule has 0 unspecified atom stereocenters. The van der Waals surface area contributed by atoms with E-state index in [4.69, 9.17) is 4.74 Å². The van der Waals surface area contributed by atoms with Gasteiger partial charge in [0.1, 0.15) is 5.82 Å². The van der Waals surface area contributed by atoms with E-state index in [0.29, 0.717) is 30.2 Å². The van der Waals surface area contributed by atoms with E-state index in [2.05, 4.69) is 9.97 Å². The molecule has 0 amide bonds. The first-order valence-corrected chi connectivity index (χ1v) is 5.04. The molecule has 0 saturated carbocycles. The van der Waals surface area contributed by atoms with Crippen LogP contribution in [-0.4, -0.2) is 35.1 Å². The first kappa shape index (κ1) is 11.2. The molecule has 6 heteroatoms. The monoisotopic (exact) mass is 229 g/mol. The predicted molar refractivity (Wildman–Crippen MR) is 53.4 cm³/mol. The molecule has 2 rings (SSSR count). The van der Waals surface area contributed by atoms with Crippen molar-refractivity contribution in [3.63, 3.8) is 0 Å². The number of fused-ring (bicyclic) bond motifs is 1. The van der Waals surface area contributed by atoms with E-state index in [0.717, 1.165) is 10.6 Å². The van der Waals surface area contributed by atoms with E-state index < -0.39 is 6.55 Å². The molecule has 0 N–H and O–H groups in total. The van der Waals surface area contributed by atoms with Crippen LogP contribution in [0.1, 0.15) is 17.1 Å². The Morgan fingerprint density at radius 1 is 1.38 bits per heavy atom. The minimum Gasteiger partial charge on any atom is -0.481 e. The summed E-state index contributed by atoms with van der Waals surface area (Å²) >= 11 is 0. The molecule has 0 fully saturated rings. The summed E-state index contributed by atoms with van der Waals surface area (Å²) in [4.78, 5) is 9.43. The van der Waals surface area contributed by atoms with Crippen molar-refractivity contribution in [1.82, 2.24) is 14.9 Å². The van der Waals surface area contributed by atoms with E-state index in [1.807, 2.05) is 0 Å². The van der Waals surface area contributed by atoms with Gasteiger partial charge >= 0.3 is 0 Å². The van der Waals surface area contributed by atoms with Gasteiger partial charge in [-0.15, -0.1) is 0 Å². The fourth-order valence-electron chi connectivity index (χ4n) is 1.86. The summed E-state index contributed by atoms with van der Waals surface area (Å²) in [7, 11) is 1.49. The van der Waals surface area contributed by atoms with Gasteiger partial charge in [-0.3, -0.25) is 0 Å². The molecular formula is C10H13F2N3O. The molecule has 0 radical (unpaired) electrons. The third kappa shape index (κ3) is 1.97. The van der Waals surface area contributed by atoms with Crippen molar-refractivity contribution in [3.8, 4) is 5.88 Å². The van der Waals surface area contributed by atoms with Crippen LogP contribution >= 0.6 is 0 Å². The Kier molecular flexibility index (Phi) is 3.00. The van der Waals surface area contributed by atoms with Crippen LogP contribution < -0.4 is 4.74 Å². The molecular weight excluding hydrogens is 216 g/mol. The second-order valence-corrected chi connectivity index (χ2v) is 3.70. The smallest absolute Gasteiger partial charge is 0.295 e. The number of nitrogens with zero attached hydrogens (tertiary/aromatic N) is 3. The van der Waals surface area contributed by atoms with Crippen LogP contribution in [-0.2, 0) is 13.0 Å². The van der Waals surface area contributed by atoms with E-state index in [9.17, 15) is 8.78 Å². The van der Waals surface area contributed by atoms with Crippen LogP contribution in [0.4, 0.5) is 8.78 Å². The molecule has 1 aromatic rings. The Balaban J connectivity index is 2.36. The molecule has 1 aromatic heterocycles. The SMILES string of the molecule is COc1nc(C)nc2c1CN(C(F)F)CC2. The number of hydrogen-bond acceptors (Lipinski definition) is 4. The van der Waals surface area contributed by atoms with Crippen molar-refractivity contribution in [1.29, 1.82) is 0 Å². The standard InChI is InChI=1S/C10H13F2N3O/c1-6-13-8-3-4-15(10(11)12)5-7(8)9(14-6)16-2/h10H,3-5H2,1-2H3. The topological polar surface area (TPSA) is 38.3 Å².